The third-order valence-electron chi connectivity index (χ3n) is 4.70. The molecule has 0 saturated carbocycles. The molecule has 0 spiro atoms. The lowest BCUT2D eigenvalue weighted by molar-refractivity contribution is 0.107. The fourth-order valence-electron chi connectivity index (χ4n) is 3.52. The topological polar surface area (TPSA) is 52.6 Å². The van der Waals surface area contributed by atoms with Gasteiger partial charge in [-0.1, -0.05) is 54.6 Å². The predicted octanol–water partition coefficient (Wildman–Crippen LogP) is 3.84. The van der Waals surface area contributed by atoms with Crippen LogP contribution >= 0.6 is 7.14 Å². The van der Waals surface area contributed by atoms with E-state index in [1.165, 1.54) is 14.2 Å². The summed E-state index contributed by atoms with van der Waals surface area (Å²) < 4.78 is 25.0. The molecule has 130 valence electrons. The van der Waals surface area contributed by atoms with E-state index in [4.69, 9.17) is 9.47 Å². The zero-order valence-electron chi connectivity index (χ0n) is 14.4. The van der Waals surface area contributed by atoms with Crippen LogP contribution in [0, 0.1) is 0 Å². The number of rotatable bonds is 4. The third-order valence-corrected chi connectivity index (χ3v) is 7.64. The molecule has 0 aliphatic carbocycles. The quantitative estimate of drug-likeness (QED) is 0.660. The van der Waals surface area contributed by atoms with Crippen molar-refractivity contribution in [2.24, 2.45) is 0 Å². The van der Waals surface area contributed by atoms with Crippen molar-refractivity contribution in [3.63, 3.8) is 0 Å². The molecular formula is C21H17O4P. The van der Waals surface area contributed by atoms with Crippen LogP contribution in [0.4, 0.5) is 0 Å². The van der Waals surface area contributed by atoms with Gasteiger partial charge in [-0.2, -0.15) is 0 Å². The molecule has 4 rings (SSSR count). The minimum Gasteiger partial charge on any atom is -0.496 e. The van der Waals surface area contributed by atoms with Crippen molar-refractivity contribution in [2.75, 3.05) is 14.2 Å². The van der Waals surface area contributed by atoms with Gasteiger partial charge in [-0.15, -0.1) is 0 Å². The van der Waals surface area contributed by atoms with Crippen molar-refractivity contribution in [1.82, 2.24) is 0 Å². The molecule has 3 aromatic carbocycles. The van der Waals surface area contributed by atoms with Crippen LogP contribution in [0.2, 0.25) is 0 Å². The monoisotopic (exact) mass is 364 g/mol. The summed E-state index contributed by atoms with van der Waals surface area (Å²) in [6.45, 7) is 0. The molecule has 3 aromatic rings. The zero-order chi connectivity index (χ0) is 18.3. The average molecular weight is 364 g/mol. The molecule has 0 atom stereocenters. The van der Waals surface area contributed by atoms with Crippen molar-refractivity contribution in [1.29, 1.82) is 0 Å². The van der Waals surface area contributed by atoms with Gasteiger partial charge in [0.1, 0.15) is 17.1 Å². The molecule has 0 unspecified atom stereocenters. The van der Waals surface area contributed by atoms with Crippen LogP contribution in [-0.2, 0) is 4.57 Å². The second-order valence-corrected chi connectivity index (χ2v) is 8.57. The Kier molecular flexibility index (Phi) is 3.93. The van der Waals surface area contributed by atoms with E-state index in [0.29, 0.717) is 22.1 Å². The van der Waals surface area contributed by atoms with Gasteiger partial charge in [0.25, 0.3) is 0 Å². The van der Waals surface area contributed by atoms with Crippen LogP contribution in [0.3, 0.4) is 0 Å². The Morgan fingerprint density at radius 3 is 1.65 bits per heavy atom. The molecule has 1 aliphatic heterocycles. The number of fused-ring (bicyclic) bond motifs is 3. The summed E-state index contributed by atoms with van der Waals surface area (Å²) in [5.74, 6) is 0.706. The van der Waals surface area contributed by atoms with Gasteiger partial charge < -0.3 is 14.0 Å². The lowest BCUT2D eigenvalue weighted by Gasteiger charge is -2.18. The number of benzene rings is 3. The van der Waals surface area contributed by atoms with Crippen LogP contribution in [0.5, 0.6) is 11.5 Å². The predicted molar refractivity (Wildman–Crippen MR) is 103 cm³/mol. The highest BCUT2D eigenvalue weighted by Gasteiger charge is 2.46. The Balaban J connectivity index is 2.02. The molecule has 0 aromatic heterocycles. The van der Waals surface area contributed by atoms with Gasteiger partial charge in [-0.25, -0.2) is 0 Å². The number of carbonyl (C=O) groups excluding carboxylic acids is 1. The Labute approximate surface area is 151 Å². The molecule has 5 heteroatoms. The Hall–Kier alpha value is -2.84. The highest BCUT2D eigenvalue weighted by atomic mass is 31.2. The first-order chi connectivity index (χ1) is 12.6. The summed E-state index contributed by atoms with van der Waals surface area (Å²) in [5.41, 5.74) is 1.43. The molecule has 0 radical (unpaired) electrons. The molecule has 26 heavy (non-hydrogen) atoms. The van der Waals surface area contributed by atoms with Gasteiger partial charge in [0.15, 0.2) is 0 Å². The van der Waals surface area contributed by atoms with Crippen LogP contribution in [0.1, 0.15) is 10.4 Å². The van der Waals surface area contributed by atoms with Crippen LogP contribution < -0.4 is 20.1 Å². The van der Waals surface area contributed by atoms with E-state index in [0.717, 1.165) is 11.1 Å². The summed E-state index contributed by atoms with van der Waals surface area (Å²) in [6.07, 6.45) is 0. The van der Waals surface area contributed by atoms with Gasteiger partial charge in [-0.3, -0.25) is 4.79 Å². The fourth-order valence-corrected chi connectivity index (χ4v) is 6.41. The van der Waals surface area contributed by atoms with E-state index in [1.54, 1.807) is 30.3 Å². The lowest BCUT2D eigenvalue weighted by Crippen LogP contribution is -2.19. The maximum atomic E-state index is 14.2. The minimum atomic E-state index is -3.54. The van der Waals surface area contributed by atoms with E-state index < -0.39 is 12.7 Å². The fraction of sp³-hybridized carbons (Fsp3) is 0.0952. The van der Waals surface area contributed by atoms with Gasteiger partial charge in [0.05, 0.1) is 14.2 Å². The summed E-state index contributed by atoms with van der Waals surface area (Å²) in [4.78, 5) is 13.6. The van der Waals surface area contributed by atoms with Crippen molar-refractivity contribution in [2.45, 2.75) is 0 Å². The normalized spacial score (nSPS) is 13.6. The molecular weight excluding hydrogens is 347 g/mol. The summed E-state index contributed by atoms with van der Waals surface area (Å²) in [6, 6.07) is 19.8. The highest BCUT2D eigenvalue weighted by molar-refractivity contribution is 7.94. The maximum Gasteiger partial charge on any atom is 0.237 e. The summed E-state index contributed by atoms with van der Waals surface area (Å²) in [7, 11) is -0.574. The zero-order valence-corrected chi connectivity index (χ0v) is 15.3. The SMILES string of the molecule is COc1cccc(OC)c1C(=O)P1(=O)c2ccccc2-c2ccccc21. The van der Waals surface area contributed by atoms with Crippen LogP contribution in [0.15, 0.2) is 66.7 Å². The van der Waals surface area contributed by atoms with Crippen molar-refractivity contribution >= 4 is 23.3 Å². The molecule has 0 N–H and O–H groups in total. The molecule has 0 bridgehead atoms. The first-order valence-corrected chi connectivity index (χ1v) is 9.89. The first-order valence-electron chi connectivity index (χ1n) is 8.18. The van der Waals surface area contributed by atoms with Gasteiger partial charge >= 0.3 is 0 Å². The molecule has 1 heterocycles. The molecule has 0 fully saturated rings. The minimum absolute atomic E-state index is 0.215. The molecule has 4 nitrogen and oxygen atoms in total. The number of carbonyl (C=O) groups is 1. The summed E-state index contributed by atoms with van der Waals surface area (Å²) >= 11 is 0. The van der Waals surface area contributed by atoms with Crippen LogP contribution in [0.25, 0.3) is 11.1 Å². The smallest absolute Gasteiger partial charge is 0.237 e. The maximum absolute atomic E-state index is 14.2. The van der Waals surface area contributed by atoms with Crippen molar-refractivity contribution < 1.29 is 18.8 Å². The lowest BCUT2D eigenvalue weighted by atomic mass is 10.1. The average Bonchev–Trinajstić information content (AvgIpc) is 2.97. The standard InChI is InChI=1S/C21H17O4P/c1-24-16-10-7-11-17(25-2)20(16)21(22)26(23)18-12-5-3-8-14(18)15-9-4-6-13-19(15)26/h3-13H,1-2H3. The summed E-state index contributed by atoms with van der Waals surface area (Å²) in [5, 5.41) is 1.14. The molecule has 0 amide bonds. The van der Waals surface area contributed by atoms with Gasteiger partial charge in [0, 0.05) is 10.6 Å². The van der Waals surface area contributed by atoms with Crippen molar-refractivity contribution in [3.8, 4) is 22.6 Å². The Morgan fingerprint density at radius 1 is 0.731 bits per heavy atom. The van der Waals surface area contributed by atoms with Gasteiger partial charge in [-0.05, 0) is 23.3 Å². The van der Waals surface area contributed by atoms with E-state index in [2.05, 4.69) is 0 Å². The number of hydrogen-bond donors (Lipinski definition) is 0. The van der Waals surface area contributed by atoms with Crippen molar-refractivity contribution in [3.05, 3.63) is 72.3 Å². The third kappa shape index (κ3) is 2.16. The number of methoxy groups -OCH3 is 2. The van der Waals surface area contributed by atoms with E-state index >= 15 is 0 Å². The van der Waals surface area contributed by atoms with Crippen LogP contribution in [-0.4, -0.2) is 19.7 Å². The van der Waals surface area contributed by atoms with E-state index in [1.807, 2.05) is 36.4 Å². The Bertz CT molecular complexity index is 999. The van der Waals surface area contributed by atoms with Gasteiger partial charge in [0.2, 0.25) is 12.7 Å². The number of hydrogen-bond acceptors (Lipinski definition) is 4. The largest absolute Gasteiger partial charge is 0.496 e. The Morgan fingerprint density at radius 2 is 1.19 bits per heavy atom. The van der Waals surface area contributed by atoms with E-state index in [9.17, 15) is 9.36 Å². The second kappa shape index (κ2) is 6.15. The highest BCUT2D eigenvalue weighted by Crippen LogP contribution is 2.56. The molecule has 0 saturated heterocycles. The number of ether oxygens (including phenoxy) is 2. The first kappa shape index (κ1) is 16.6. The second-order valence-electron chi connectivity index (χ2n) is 5.99. The molecule has 1 aliphatic rings. The van der Waals surface area contributed by atoms with E-state index in [-0.39, 0.29) is 5.56 Å².